The molecule has 25 heavy (non-hydrogen) atoms. The van der Waals surface area contributed by atoms with E-state index >= 15 is 0 Å². The van der Waals surface area contributed by atoms with Crippen LogP contribution in [0, 0.1) is 5.92 Å². The summed E-state index contributed by atoms with van der Waals surface area (Å²) in [6.07, 6.45) is 2.81. The van der Waals surface area contributed by atoms with Gasteiger partial charge in [0.2, 0.25) is 0 Å². The molecule has 0 saturated carbocycles. The Morgan fingerprint density at radius 1 is 1.24 bits per heavy atom. The highest BCUT2D eigenvalue weighted by atomic mass is 127. The highest BCUT2D eigenvalue weighted by Crippen LogP contribution is 2.17. The van der Waals surface area contributed by atoms with Gasteiger partial charge >= 0.3 is 0 Å². The number of guanidine groups is 1. The Labute approximate surface area is 171 Å². The molecule has 0 fully saturated rings. The van der Waals surface area contributed by atoms with Crippen molar-refractivity contribution in [2.24, 2.45) is 10.9 Å². The monoisotopic (exact) mass is 476 g/mol. The van der Waals surface area contributed by atoms with Crippen LogP contribution in [0.5, 0.6) is 0 Å². The number of aliphatic imine (C=N–C) groups is 1. The second-order valence-electron chi connectivity index (χ2n) is 6.22. The first-order valence-corrected chi connectivity index (χ1v) is 9.14. The fraction of sp³-hybridized carbons (Fsp3) is 0.500. The molecule has 2 unspecified atom stereocenters. The molecule has 2 aromatic rings. The molecule has 0 aliphatic rings. The number of hydrogen-bond acceptors (Lipinski definition) is 4. The van der Waals surface area contributed by atoms with Crippen molar-refractivity contribution in [1.82, 2.24) is 15.5 Å². The van der Waals surface area contributed by atoms with Gasteiger partial charge in [0, 0.05) is 25.0 Å². The number of halogens is 1. The standard InChI is InChI=1S/C18H28N4OS.HI/c1-14(11-15-7-6-10-24-15)12-20-18(19-2)21-13-16(22(3)4)17-8-5-9-23-17;/h5-10,14,16H,11-13H2,1-4H3,(H2,19,20,21);1H. The Hall–Kier alpha value is -1.06. The van der Waals surface area contributed by atoms with Gasteiger partial charge in [-0.25, -0.2) is 0 Å². The van der Waals surface area contributed by atoms with E-state index in [0.717, 1.165) is 31.2 Å². The largest absolute Gasteiger partial charge is 0.468 e. The van der Waals surface area contributed by atoms with Crippen LogP contribution < -0.4 is 10.6 Å². The Morgan fingerprint density at radius 2 is 2.00 bits per heavy atom. The van der Waals surface area contributed by atoms with E-state index in [9.17, 15) is 0 Å². The van der Waals surface area contributed by atoms with Crippen LogP contribution in [-0.4, -0.2) is 45.1 Å². The van der Waals surface area contributed by atoms with E-state index in [-0.39, 0.29) is 30.0 Å². The summed E-state index contributed by atoms with van der Waals surface area (Å²) in [5.41, 5.74) is 0. The highest BCUT2D eigenvalue weighted by Gasteiger charge is 2.17. The van der Waals surface area contributed by atoms with Crippen LogP contribution in [0.15, 0.2) is 45.3 Å². The van der Waals surface area contributed by atoms with Crippen molar-refractivity contribution in [3.63, 3.8) is 0 Å². The van der Waals surface area contributed by atoms with Crippen LogP contribution in [0.1, 0.15) is 23.6 Å². The molecule has 2 aromatic heterocycles. The summed E-state index contributed by atoms with van der Waals surface area (Å²) in [4.78, 5) is 7.88. The number of hydrogen-bond donors (Lipinski definition) is 2. The van der Waals surface area contributed by atoms with E-state index in [0.29, 0.717) is 5.92 Å². The van der Waals surface area contributed by atoms with E-state index in [2.05, 4.69) is 45.0 Å². The Kier molecular flexibility index (Phi) is 10.1. The third-order valence-electron chi connectivity index (χ3n) is 3.93. The van der Waals surface area contributed by atoms with Crippen molar-refractivity contribution >= 4 is 41.3 Å². The molecular weight excluding hydrogens is 447 g/mol. The Bertz CT molecular complexity index is 599. The molecule has 2 N–H and O–H groups in total. The quantitative estimate of drug-likeness (QED) is 0.347. The smallest absolute Gasteiger partial charge is 0.191 e. The summed E-state index contributed by atoms with van der Waals surface area (Å²) in [5.74, 6) is 2.33. The molecule has 0 saturated heterocycles. The molecular formula is C18H29IN4OS. The average molecular weight is 476 g/mol. The Balaban J connectivity index is 0.00000312. The molecule has 5 nitrogen and oxygen atoms in total. The molecule has 2 atom stereocenters. The average Bonchev–Trinajstić information content (AvgIpc) is 3.24. The second kappa shape index (κ2) is 11.5. The normalized spacial score (nSPS) is 14.0. The van der Waals surface area contributed by atoms with Crippen LogP contribution >= 0.6 is 35.3 Å². The van der Waals surface area contributed by atoms with Crippen LogP contribution in [0.3, 0.4) is 0 Å². The predicted molar refractivity (Wildman–Crippen MR) is 117 cm³/mol. The summed E-state index contributed by atoms with van der Waals surface area (Å²) in [6, 6.07) is 8.40. The minimum Gasteiger partial charge on any atom is -0.468 e. The lowest BCUT2D eigenvalue weighted by molar-refractivity contribution is 0.258. The fourth-order valence-electron chi connectivity index (χ4n) is 2.55. The minimum absolute atomic E-state index is 0. The first kappa shape index (κ1) is 22.0. The number of thiophene rings is 1. The van der Waals surface area contributed by atoms with Crippen molar-refractivity contribution in [3.8, 4) is 0 Å². The number of nitrogens with one attached hydrogen (secondary N) is 2. The van der Waals surface area contributed by atoms with Crippen LogP contribution in [0.4, 0.5) is 0 Å². The lowest BCUT2D eigenvalue weighted by atomic mass is 10.1. The third-order valence-corrected chi connectivity index (χ3v) is 4.83. The lowest BCUT2D eigenvalue weighted by Gasteiger charge is -2.24. The molecule has 0 spiro atoms. The number of furan rings is 1. The van der Waals surface area contributed by atoms with Gasteiger partial charge < -0.3 is 15.1 Å². The van der Waals surface area contributed by atoms with Gasteiger partial charge in [0.25, 0.3) is 0 Å². The predicted octanol–water partition coefficient (Wildman–Crippen LogP) is 3.61. The molecule has 0 radical (unpaired) electrons. The molecule has 0 amide bonds. The van der Waals surface area contributed by atoms with Crippen molar-refractivity contribution in [3.05, 3.63) is 46.5 Å². The zero-order chi connectivity index (χ0) is 17.4. The first-order chi connectivity index (χ1) is 11.6. The maximum atomic E-state index is 5.54. The zero-order valence-corrected chi connectivity index (χ0v) is 18.5. The van der Waals surface area contributed by atoms with Crippen LogP contribution in [0.2, 0.25) is 0 Å². The van der Waals surface area contributed by atoms with E-state index in [1.807, 2.05) is 37.6 Å². The molecule has 2 rings (SSSR count). The zero-order valence-electron chi connectivity index (χ0n) is 15.4. The van der Waals surface area contributed by atoms with Crippen LogP contribution in [0.25, 0.3) is 0 Å². The van der Waals surface area contributed by atoms with Crippen molar-refractivity contribution in [1.29, 1.82) is 0 Å². The van der Waals surface area contributed by atoms with Gasteiger partial charge in [-0.2, -0.15) is 0 Å². The number of likely N-dealkylation sites (N-methyl/N-ethyl adjacent to an activating group) is 1. The lowest BCUT2D eigenvalue weighted by Crippen LogP contribution is -2.43. The summed E-state index contributed by atoms with van der Waals surface area (Å²) >= 11 is 1.82. The molecule has 0 aliphatic carbocycles. The SMILES string of the molecule is CN=C(NCC(C)Cc1cccs1)NCC(c1ccco1)N(C)C.I. The summed E-state index contributed by atoms with van der Waals surface area (Å²) < 4.78 is 5.54. The van der Waals surface area contributed by atoms with Gasteiger partial charge in [0.1, 0.15) is 5.76 Å². The molecule has 0 bridgehead atoms. The molecule has 7 heteroatoms. The van der Waals surface area contributed by atoms with Crippen LogP contribution in [-0.2, 0) is 6.42 Å². The van der Waals surface area contributed by atoms with Gasteiger partial charge in [-0.3, -0.25) is 9.89 Å². The first-order valence-electron chi connectivity index (χ1n) is 8.27. The summed E-state index contributed by atoms with van der Waals surface area (Å²) in [5, 5.41) is 8.94. The van der Waals surface area contributed by atoms with E-state index in [1.165, 1.54) is 4.88 Å². The molecule has 0 aliphatic heterocycles. The topological polar surface area (TPSA) is 52.8 Å². The van der Waals surface area contributed by atoms with Gasteiger partial charge in [0.05, 0.1) is 12.3 Å². The van der Waals surface area contributed by atoms with Crippen molar-refractivity contribution in [2.45, 2.75) is 19.4 Å². The van der Waals surface area contributed by atoms with E-state index in [4.69, 9.17) is 4.42 Å². The maximum Gasteiger partial charge on any atom is 0.191 e. The third kappa shape index (κ3) is 7.37. The van der Waals surface area contributed by atoms with Crippen molar-refractivity contribution in [2.75, 3.05) is 34.2 Å². The molecule has 2 heterocycles. The number of rotatable bonds is 8. The molecule has 0 aromatic carbocycles. The van der Waals surface area contributed by atoms with Gasteiger partial charge in [0.15, 0.2) is 5.96 Å². The summed E-state index contributed by atoms with van der Waals surface area (Å²) in [6.45, 7) is 3.88. The maximum absolute atomic E-state index is 5.54. The van der Waals surface area contributed by atoms with Gasteiger partial charge in [-0.05, 0) is 50.0 Å². The van der Waals surface area contributed by atoms with Crippen molar-refractivity contribution < 1.29 is 4.42 Å². The van der Waals surface area contributed by atoms with E-state index < -0.39 is 0 Å². The van der Waals surface area contributed by atoms with E-state index in [1.54, 1.807) is 13.3 Å². The second-order valence-corrected chi connectivity index (χ2v) is 7.25. The van der Waals surface area contributed by atoms with Gasteiger partial charge in [-0.1, -0.05) is 13.0 Å². The number of nitrogens with zero attached hydrogens (tertiary/aromatic N) is 2. The fourth-order valence-corrected chi connectivity index (χ4v) is 3.42. The minimum atomic E-state index is 0. The van der Waals surface area contributed by atoms with Gasteiger partial charge in [-0.15, -0.1) is 35.3 Å². The molecule has 140 valence electrons. The summed E-state index contributed by atoms with van der Waals surface area (Å²) in [7, 11) is 5.90. The highest BCUT2D eigenvalue weighted by molar-refractivity contribution is 14.0. The Morgan fingerprint density at radius 3 is 2.56 bits per heavy atom.